The minimum Gasteiger partial charge on any atom is -0.395 e. The van der Waals surface area contributed by atoms with Crippen LogP contribution in [-0.2, 0) is 25.5 Å². The van der Waals surface area contributed by atoms with Crippen LogP contribution in [0.1, 0.15) is 50.8 Å². The number of halogens is 1. The Morgan fingerprint density at radius 3 is 2.75 bits per heavy atom. The summed E-state index contributed by atoms with van der Waals surface area (Å²) in [4.78, 5) is 35.4. The summed E-state index contributed by atoms with van der Waals surface area (Å²) in [6, 6.07) is 7.95. The van der Waals surface area contributed by atoms with Crippen LogP contribution in [0.25, 0.3) is 10.1 Å². The van der Waals surface area contributed by atoms with Crippen molar-refractivity contribution < 1.29 is 29.3 Å². The van der Waals surface area contributed by atoms with Gasteiger partial charge in [0.05, 0.1) is 22.6 Å². The van der Waals surface area contributed by atoms with Gasteiger partial charge in [-0.25, -0.2) is 0 Å². The summed E-state index contributed by atoms with van der Waals surface area (Å²) in [5.41, 5.74) is -0.873. The van der Waals surface area contributed by atoms with Gasteiger partial charge in [0.1, 0.15) is 5.78 Å². The van der Waals surface area contributed by atoms with Gasteiger partial charge in [-0.2, -0.15) is 0 Å². The number of ketones is 1. The predicted molar refractivity (Wildman–Crippen MR) is 142 cm³/mol. The minimum atomic E-state index is -0.873. The molecule has 1 unspecified atom stereocenters. The molecule has 0 amide bonds. The highest BCUT2D eigenvalue weighted by atomic mass is 35.5. The van der Waals surface area contributed by atoms with Crippen LogP contribution < -0.4 is 0 Å². The summed E-state index contributed by atoms with van der Waals surface area (Å²) in [7, 11) is 0. The Bertz CT molecular complexity index is 1130. The third-order valence-electron chi connectivity index (χ3n) is 6.85. The standard InChI is InChI=1S/C28H33ClO6S/c1-28(2)26(33)19(9-5-3-4-6-12-24(32)35-17-30)20(27(28)34)15-13-18(31)14-16-23-25(29)21-10-7-8-11-22(21)36-23/h3,5,7-8,10-11,13,15,17-20,27,31,34H,4,6,9,12,14,16H2,1-2H3/t18?,19-,20-,27+/m1/s1. The number of carbonyl (C=O) groups excluding carboxylic acids is 3. The topological polar surface area (TPSA) is 101 Å². The number of aliphatic hydroxyl groups is 2. The molecule has 1 fully saturated rings. The first-order valence-electron chi connectivity index (χ1n) is 12.2. The van der Waals surface area contributed by atoms with Crippen LogP contribution >= 0.6 is 22.9 Å². The van der Waals surface area contributed by atoms with Gasteiger partial charge in [-0.3, -0.25) is 14.4 Å². The van der Waals surface area contributed by atoms with E-state index in [0.29, 0.717) is 32.1 Å². The molecule has 0 radical (unpaired) electrons. The molecular weight excluding hydrogens is 500 g/mol. The average molecular weight is 533 g/mol. The lowest BCUT2D eigenvalue weighted by Crippen LogP contribution is -2.31. The van der Waals surface area contributed by atoms with Crippen molar-refractivity contribution in [2.24, 2.45) is 17.3 Å². The summed E-state index contributed by atoms with van der Waals surface area (Å²) in [5.74, 6) is -1.36. The van der Waals surface area contributed by atoms with Gasteiger partial charge in [0, 0.05) is 33.2 Å². The Morgan fingerprint density at radius 1 is 1.28 bits per heavy atom. The number of ether oxygens (including phenoxy) is 1. The summed E-state index contributed by atoms with van der Waals surface area (Å²) in [5, 5.41) is 23.2. The highest BCUT2D eigenvalue weighted by molar-refractivity contribution is 7.19. The summed E-state index contributed by atoms with van der Waals surface area (Å²) in [6.45, 7) is 3.63. The van der Waals surface area contributed by atoms with E-state index in [1.54, 1.807) is 37.3 Å². The Hall–Kier alpha value is -2.32. The monoisotopic (exact) mass is 532 g/mol. The van der Waals surface area contributed by atoms with E-state index < -0.39 is 35.4 Å². The second-order valence-corrected chi connectivity index (χ2v) is 11.2. The number of benzene rings is 1. The average Bonchev–Trinajstić information content (AvgIpc) is 3.25. The van der Waals surface area contributed by atoms with Gasteiger partial charge in [0.25, 0.3) is 0 Å². The molecule has 1 aliphatic carbocycles. The molecule has 1 aromatic carbocycles. The van der Waals surface area contributed by atoms with E-state index in [4.69, 9.17) is 11.6 Å². The molecular formula is C28H33ClO6S. The summed E-state index contributed by atoms with van der Waals surface area (Å²) < 4.78 is 5.37. The number of carbonyl (C=O) groups is 3. The normalized spacial score (nSPS) is 22.6. The number of allylic oxidation sites excluding steroid dienone is 2. The first-order valence-corrected chi connectivity index (χ1v) is 13.4. The maximum atomic E-state index is 13.0. The highest BCUT2D eigenvalue weighted by Gasteiger charge is 2.52. The van der Waals surface area contributed by atoms with E-state index in [1.807, 2.05) is 36.4 Å². The Kier molecular flexibility index (Phi) is 10.0. The Balaban J connectivity index is 1.57. The van der Waals surface area contributed by atoms with Gasteiger partial charge in [-0.1, -0.05) is 68.0 Å². The van der Waals surface area contributed by atoms with Gasteiger partial charge in [-0.15, -0.1) is 11.3 Å². The van der Waals surface area contributed by atoms with Crippen molar-refractivity contribution >= 4 is 51.2 Å². The summed E-state index contributed by atoms with van der Waals surface area (Å²) >= 11 is 8.14. The number of aryl methyl sites for hydroxylation is 1. The van der Waals surface area contributed by atoms with E-state index >= 15 is 0 Å². The zero-order valence-electron chi connectivity index (χ0n) is 20.6. The molecule has 0 saturated heterocycles. The molecule has 1 heterocycles. The zero-order valence-corrected chi connectivity index (χ0v) is 22.1. The number of hydrogen-bond acceptors (Lipinski definition) is 7. The lowest BCUT2D eigenvalue weighted by atomic mass is 9.86. The number of thiophene rings is 1. The van der Waals surface area contributed by atoms with Gasteiger partial charge in [0.2, 0.25) is 0 Å². The lowest BCUT2D eigenvalue weighted by molar-refractivity contribution is -0.151. The molecule has 194 valence electrons. The second-order valence-electron chi connectivity index (χ2n) is 9.73. The maximum absolute atomic E-state index is 13.0. The van der Waals surface area contributed by atoms with Crippen LogP contribution in [0.2, 0.25) is 5.02 Å². The van der Waals surface area contributed by atoms with Crippen molar-refractivity contribution in [3.8, 4) is 0 Å². The largest absolute Gasteiger partial charge is 0.395 e. The maximum Gasteiger partial charge on any atom is 0.313 e. The number of rotatable bonds is 12. The van der Waals surface area contributed by atoms with Gasteiger partial charge in [-0.05, 0) is 38.2 Å². The molecule has 2 N–H and O–H groups in total. The number of fused-ring (bicyclic) bond motifs is 1. The van der Waals surface area contributed by atoms with Crippen LogP contribution in [0.5, 0.6) is 0 Å². The Labute approximate surface area is 220 Å². The minimum absolute atomic E-state index is 0.00425. The van der Waals surface area contributed by atoms with Gasteiger partial charge < -0.3 is 14.9 Å². The van der Waals surface area contributed by atoms with Crippen molar-refractivity contribution in [2.75, 3.05) is 0 Å². The van der Waals surface area contributed by atoms with Crippen LogP contribution in [0.15, 0.2) is 48.6 Å². The predicted octanol–water partition coefficient (Wildman–Crippen LogP) is 5.42. The van der Waals surface area contributed by atoms with E-state index in [0.717, 1.165) is 20.0 Å². The zero-order chi connectivity index (χ0) is 26.3. The molecule has 2 aromatic rings. The fraction of sp³-hybridized carbons (Fsp3) is 0.464. The van der Waals surface area contributed by atoms with Crippen LogP contribution in [0.3, 0.4) is 0 Å². The van der Waals surface area contributed by atoms with Crippen molar-refractivity contribution in [1.82, 2.24) is 0 Å². The first kappa shape index (κ1) is 28.3. The molecule has 8 heteroatoms. The van der Waals surface area contributed by atoms with E-state index in [9.17, 15) is 24.6 Å². The fourth-order valence-electron chi connectivity index (χ4n) is 4.70. The van der Waals surface area contributed by atoms with Crippen molar-refractivity contribution in [3.63, 3.8) is 0 Å². The van der Waals surface area contributed by atoms with Crippen molar-refractivity contribution in [1.29, 1.82) is 0 Å². The lowest BCUT2D eigenvalue weighted by Gasteiger charge is -2.22. The first-order chi connectivity index (χ1) is 17.2. The fourth-order valence-corrected chi connectivity index (χ4v) is 6.24. The molecule has 1 aromatic heterocycles. The molecule has 36 heavy (non-hydrogen) atoms. The molecule has 1 aliphatic rings. The molecule has 6 nitrogen and oxygen atoms in total. The molecule has 0 spiro atoms. The molecule has 3 rings (SSSR count). The number of Topliss-reactive ketones (excluding diaryl/α,β-unsaturated/α-hetero) is 1. The number of hydrogen-bond donors (Lipinski definition) is 2. The van der Waals surface area contributed by atoms with Crippen molar-refractivity contribution in [2.45, 2.75) is 64.6 Å². The van der Waals surface area contributed by atoms with Gasteiger partial charge >= 0.3 is 12.4 Å². The number of aliphatic hydroxyl groups excluding tert-OH is 2. The van der Waals surface area contributed by atoms with Crippen LogP contribution in [0.4, 0.5) is 0 Å². The second kappa shape index (κ2) is 12.8. The molecule has 0 aliphatic heterocycles. The molecule has 4 atom stereocenters. The third kappa shape index (κ3) is 6.71. The number of unbranched alkanes of at least 4 members (excludes halogenated alkanes) is 1. The molecule has 0 bridgehead atoms. The van der Waals surface area contributed by atoms with E-state index in [1.165, 1.54) is 0 Å². The van der Waals surface area contributed by atoms with E-state index in [2.05, 4.69) is 4.74 Å². The highest BCUT2D eigenvalue weighted by Crippen LogP contribution is 2.45. The van der Waals surface area contributed by atoms with E-state index in [-0.39, 0.29) is 18.7 Å². The number of esters is 1. The molecule has 1 saturated carbocycles. The smallest absolute Gasteiger partial charge is 0.313 e. The Morgan fingerprint density at radius 2 is 2.03 bits per heavy atom. The van der Waals surface area contributed by atoms with Crippen LogP contribution in [-0.4, -0.2) is 40.6 Å². The van der Waals surface area contributed by atoms with Gasteiger partial charge in [0.15, 0.2) is 0 Å². The third-order valence-corrected chi connectivity index (χ3v) is 8.63. The van der Waals surface area contributed by atoms with Crippen LogP contribution in [0, 0.1) is 17.3 Å². The SMILES string of the molecule is CC1(C)C(=O)[C@H](CC=CCCCC(=O)OC=O)[C@@H](C=CC(O)CCc2sc3ccccc3c2Cl)[C@@H]1O. The quantitative estimate of drug-likeness (QED) is 0.124. The summed E-state index contributed by atoms with van der Waals surface area (Å²) in [6.07, 6.45) is 8.55. The van der Waals surface area contributed by atoms with Crippen molar-refractivity contribution in [3.05, 3.63) is 58.5 Å².